The van der Waals surface area contributed by atoms with E-state index < -0.39 is 5.97 Å². The molecule has 8 heteroatoms. The number of carboxylic acids is 1. The van der Waals surface area contributed by atoms with Crippen LogP contribution < -0.4 is 9.47 Å². The molecule has 0 bridgehead atoms. The molecule has 6 nitrogen and oxygen atoms in total. The molecule has 26 heavy (non-hydrogen) atoms. The van der Waals surface area contributed by atoms with Gasteiger partial charge in [0.1, 0.15) is 22.4 Å². The summed E-state index contributed by atoms with van der Waals surface area (Å²) in [5, 5.41) is 20.6. The van der Waals surface area contributed by atoms with E-state index in [1.54, 1.807) is 35.0 Å². The lowest BCUT2D eigenvalue weighted by atomic mass is 10.2. The van der Waals surface area contributed by atoms with Crippen LogP contribution in [0.4, 0.5) is 11.4 Å². The summed E-state index contributed by atoms with van der Waals surface area (Å²) >= 11 is 7.45. The maximum atomic E-state index is 11.2. The third-order valence-corrected chi connectivity index (χ3v) is 5.11. The number of fused-ring (bicyclic) bond motifs is 1. The molecule has 3 rings (SSSR count). The van der Waals surface area contributed by atoms with Crippen molar-refractivity contribution in [2.45, 2.75) is 6.54 Å². The molecule has 1 heterocycles. The van der Waals surface area contributed by atoms with E-state index in [1.807, 2.05) is 31.1 Å². The second-order valence-electron chi connectivity index (χ2n) is 5.86. The molecule has 0 unspecified atom stereocenters. The molecular weight excluding hydrogens is 374 g/mol. The van der Waals surface area contributed by atoms with Gasteiger partial charge in [0, 0.05) is 36.9 Å². The van der Waals surface area contributed by atoms with Gasteiger partial charge in [-0.1, -0.05) is 22.9 Å². The molecule has 0 radical (unpaired) electrons. The predicted octanol–water partition coefficient (Wildman–Crippen LogP) is 3.45. The van der Waals surface area contributed by atoms with E-state index in [1.165, 1.54) is 11.3 Å². The number of thiazole rings is 1. The van der Waals surface area contributed by atoms with Crippen molar-refractivity contribution in [2.24, 2.45) is 4.99 Å². The number of rotatable bonds is 5. The Morgan fingerprint density at radius 3 is 2.73 bits per heavy atom. The van der Waals surface area contributed by atoms with Gasteiger partial charge >= 0.3 is 5.97 Å². The average molecular weight is 391 g/mol. The molecule has 3 aromatic rings. The van der Waals surface area contributed by atoms with Gasteiger partial charge in [-0.2, -0.15) is 4.57 Å². The van der Waals surface area contributed by atoms with Crippen LogP contribution in [0.25, 0.3) is 10.2 Å². The molecule has 0 atom stereocenters. The van der Waals surface area contributed by atoms with Gasteiger partial charge in [0.15, 0.2) is 0 Å². The third kappa shape index (κ3) is 3.79. The zero-order valence-corrected chi connectivity index (χ0v) is 15.8. The van der Waals surface area contributed by atoms with Crippen LogP contribution >= 0.6 is 22.9 Å². The number of carbonyl (C=O) groups is 1. The zero-order valence-electron chi connectivity index (χ0n) is 14.2. The molecule has 0 aliphatic carbocycles. The van der Waals surface area contributed by atoms with Crippen LogP contribution in [0.1, 0.15) is 5.01 Å². The van der Waals surface area contributed by atoms with E-state index in [0.717, 1.165) is 15.9 Å². The van der Waals surface area contributed by atoms with E-state index in [9.17, 15) is 15.0 Å². The van der Waals surface area contributed by atoms with Gasteiger partial charge in [-0.3, -0.25) is 0 Å². The van der Waals surface area contributed by atoms with Gasteiger partial charge in [0.2, 0.25) is 12.1 Å². The highest BCUT2D eigenvalue weighted by atomic mass is 35.5. The molecule has 2 aromatic carbocycles. The van der Waals surface area contributed by atoms with Gasteiger partial charge in [-0.15, -0.1) is 0 Å². The average Bonchev–Trinajstić information content (AvgIpc) is 2.90. The highest BCUT2D eigenvalue weighted by Gasteiger charge is 2.22. The Labute approximate surface area is 159 Å². The number of aliphatic carboxylic acids is 1. The smallest absolute Gasteiger partial charge is 0.370 e. The summed E-state index contributed by atoms with van der Waals surface area (Å²) in [6.07, 6.45) is 1.56. The first-order valence-electron chi connectivity index (χ1n) is 7.73. The van der Waals surface area contributed by atoms with Gasteiger partial charge in [-0.05, 0) is 24.3 Å². The van der Waals surface area contributed by atoms with Crippen molar-refractivity contribution in [2.75, 3.05) is 19.0 Å². The standard InChI is InChI=1S/C18H16ClN3O3S/c1-21(2)12-4-5-13(15(23)8-12)20-9-17-22(10-18(24)25)14-7-11(19)3-6-16(14)26-17/h3-9H,10H2,1-2H3,(H,24,25)/p+1. The lowest BCUT2D eigenvalue weighted by Gasteiger charge is -2.12. The molecule has 0 aliphatic heterocycles. The second-order valence-corrected chi connectivity index (χ2v) is 7.36. The number of aromatic nitrogens is 1. The van der Waals surface area contributed by atoms with Crippen molar-refractivity contribution in [3.63, 3.8) is 0 Å². The van der Waals surface area contributed by atoms with E-state index in [0.29, 0.717) is 15.7 Å². The summed E-state index contributed by atoms with van der Waals surface area (Å²) < 4.78 is 2.55. The fourth-order valence-corrected chi connectivity index (χ4v) is 3.67. The maximum absolute atomic E-state index is 11.2. The van der Waals surface area contributed by atoms with Crippen LogP contribution in [-0.4, -0.2) is 36.5 Å². The summed E-state index contributed by atoms with van der Waals surface area (Å²) in [6.45, 7) is -0.201. The molecule has 0 fully saturated rings. The minimum atomic E-state index is -0.956. The predicted molar refractivity (Wildman–Crippen MR) is 104 cm³/mol. The van der Waals surface area contributed by atoms with Crippen molar-refractivity contribution in [3.05, 3.63) is 46.4 Å². The molecule has 0 aliphatic rings. The Morgan fingerprint density at radius 1 is 1.31 bits per heavy atom. The molecule has 134 valence electrons. The highest BCUT2D eigenvalue weighted by molar-refractivity contribution is 7.19. The summed E-state index contributed by atoms with van der Waals surface area (Å²) in [4.78, 5) is 17.4. The quantitative estimate of drug-likeness (QED) is 0.516. The Balaban J connectivity index is 2.02. The van der Waals surface area contributed by atoms with Crippen LogP contribution in [0.15, 0.2) is 41.4 Å². The number of hydrogen-bond donors (Lipinski definition) is 2. The van der Waals surface area contributed by atoms with E-state index in [2.05, 4.69) is 4.99 Å². The highest BCUT2D eigenvalue weighted by Crippen LogP contribution is 2.30. The number of halogens is 1. The zero-order chi connectivity index (χ0) is 18.8. The topological polar surface area (TPSA) is 77.0 Å². The number of benzene rings is 2. The number of phenols is 1. The van der Waals surface area contributed by atoms with Crippen LogP contribution in [0.3, 0.4) is 0 Å². The van der Waals surface area contributed by atoms with E-state index in [4.69, 9.17) is 11.6 Å². The molecule has 1 aromatic heterocycles. The fourth-order valence-electron chi connectivity index (χ4n) is 2.49. The molecule has 0 saturated carbocycles. The van der Waals surface area contributed by atoms with Crippen LogP contribution in [0.5, 0.6) is 5.75 Å². The number of aromatic hydroxyl groups is 1. The summed E-state index contributed by atoms with van der Waals surface area (Å²) in [7, 11) is 3.77. The molecule has 2 N–H and O–H groups in total. The number of hydrogen-bond acceptors (Lipinski definition) is 5. The fraction of sp³-hybridized carbons (Fsp3) is 0.167. The number of carboxylic acid groups (broad SMARTS) is 1. The normalized spacial score (nSPS) is 11.3. The summed E-state index contributed by atoms with van der Waals surface area (Å²) in [5.74, 6) is -0.899. The van der Waals surface area contributed by atoms with Gasteiger partial charge in [-0.25, -0.2) is 9.79 Å². The Kier molecular flexibility index (Phi) is 5.11. The van der Waals surface area contributed by atoms with E-state index >= 15 is 0 Å². The van der Waals surface area contributed by atoms with Crippen LogP contribution in [0, 0.1) is 0 Å². The first-order chi connectivity index (χ1) is 12.3. The largest absolute Gasteiger partial charge is 0.506 e. The number of aliphatic imine (C=N–C) groups is 1. The minimum Gasteiger partial charge on any atom is -0.506 e. The maximum Gasteiger partial charge on any atom is 0.370 e. The minimum absolute atomic E-state index is 0.0568. The Hall–Kier alpha value is -2.64. The Morgan fingerprint density at radius 2 is 2.08 bits per heavy atom. The molecule has 0 spiro atoms. The van der Waals surface area contributed by atoms with E-state index in [-0.39, 0.29) is 12.3 Å². The lowest BCUT2D eigenvalue weighted by molar-refractivity contribution is -0.656. The Bertz CT molecular complexity index is 1010. The van der Waals surface area contributed by atoms with Crippen molar-refractivity contribution in [1.82, 2.24) is 0 Å². The van der Waals surface area contributed by atoms with Gasteiger partial charge in [0.25, 0.3) is 5.01 Å². The van der Waals surface area contributed by atoms with Crippen LogP contribution in [-0.2, 0) is 11.3 Å². The van der Waals surface area contributed by atoms with Crippen LogP contribution in [0.2, 0.25) is 5.02 Å². The SMILES string of the molecule is CN(C)c1ccc(N=Cc2sc3ccc(Cl)cc3[n+]2CC(=O)O)c(O)c1. The number of nitrogens with zero attached hydrogens (tertiary/aromatic N) is 3. The van der Waals surface area contributed by atoms with Crippen molar-refractivity contribution < 1.29 is 19.6 Å². The second kappa shape index (κ2) is 7.31. The monoisotopic (exact) mass is 390 g/mol. The number of anilines is 1. The molecular formula is C18H17ClN3O3S+. The summed E-state index contributed by atoms with van der Waals surface area (Å²) in [6, 6.07) is 10.5. The molecule has 0 amide bonds. The van der Waals surface area contributed by atoms with Crippen molar-refractivity contribution >= 4 is 56.7 Å². The first kappa shape index (κ1) is 18.2. The first-order valence-corrected chi connectivity index (χ1v) is 8.92. The van der Waals surface area contributed by atoms with Crippen molar-refractivity contribution in [1.29, 1.82) is 0 Å². The number of phenolic OH excluding ortho intramolecular Hbond substituents is 1. The molecule has 0 saturated heterocycles. The third-order valence-electron chi connectivity index (χ3n) is 3.78. The van der Waals surface area contributed by atoms with Gasteiger partial charge < -0.3 is 15.1 Å². The van der Waals surface area contributed by atoms with Crippen molar-refractivity contribution in [3.8, 4) is 5.75 Å². The van der Waals surface area contributed by atoms with Gasteiger partial charge in [0.05, 0.1) is 0 Å². The lowest BCUT2D eigenvalue weighted by Crippen LogP contribution is -2.40. The summed E-state index contributed by atoms with van der Waals surface area (Å²) in [5.41, 5.74) is 2.00.